The summed E-state index contributed by atoms with van der Waals surface area (Å²) in [6.45, 7) is 5.79. The Morgan fingerprint density at radius 1 is 1.07 bits per heavy atom. The lowest BCUT2D eigenvalue weighted by atomic mass is 9.98. The van der Waals surface area contributed by atoms with Crippen LogP contribution in [0.3, 0.4) is 0 Å². The second kappa shape index (κ2) is 9.24. The maximum Gasteiger partial charge on any atom is 0.319 e. The molecule has 0 aliphatic carbocycles. The van der Waals surface area contributed by atoms with E-state index in [-0.39, 0.29) is 18.0 Å². The van der Waals surface area contributed by atoms with Crippen LogP contribution in [0.5, 0.6) is 0 Å². The molecule has 1 saturated heterocycles. The number of likely N-dealkylation sites (tertiary alicyclic amines) is 1. The van der Waals surface area contributed by atoms with Crippen molar-refractivity contribution in [2.45, 2.75) is 32.7 Å². The Kier molecular flexibility index (Phi) is 6.73. The Balaban J connectivity index is 1.56. The van der Waals surface area contributed by atoms with E-state index >= 15 is 0 Å². The number of benzene rings is 2. The van der Waals surface area contributed by atoms with E-state index in [0.717, 1.165) is 36.0 Å². The SMILES string of the molecule is CC1CCN(C(=O)c2ccc(NC(=O)NC(C)c3ccccc3Br)cc2)CC1. The number of rotatable bonds is 4. The summed E-state index contributed by atoms with van der Waals surface area (Å²) in [6, 6.07) is 14.4. The summed E-state index contributed by atoms with van der Waals surface area (Å²) in [5.74, 6) is 0.749. The highest BCUT2D eigenvalue weighted by atomic mass is 79.9. The Labute approximate surface area is 174 Å². The van der Waals surface area contributed by atoms with Gasteiger partial charge in [0.2, 0.25) is 0 Å². The van der Waals surface area contributed by atoms with E-state index in [1.54, 1.807) is 24.3 Å². The van der Waals surface area contributed by atoms with Crippen molar-refractivity contribution in [1.29, 1.82) is 0 Å². The van der Waals surface area contributed by atoms with Gasteiger partial charge in [-0.2, -0.15) is 0 Å². The molecule has 1 unspecified atom stereocenters. The van der Waals surface area contributed by atoms with Crippen LogP contribution < -0.4 is 10.6 Å². The molecule has 1 atom stereocenters. The van der Waals surface area contributed by atoms with Crippen LogP contribution in [0.4, 0.5) is 10.5 Å². The maximum absolute atomic E-state index is 12.6. The van der Waals surface area contributed by atoms with Crippen molar-refractivity contribution in [3.05, 3.63) is 64.1 Å². The van der Waals surface area contributed by atoms with E-state index in [0.29, 0.717) is 17.2 Å². The van der Waals surface area contributed by atoms with Crippen LogP contribution in [0.15, 0.2) is 53.0 Å². The second-order valence-electron chi connectivity index (χ2n) is 7.39. The highest BCUT2D eigenvalue weighted by Crippen LogP contribution is 2.23. The summed E-state index contributed by atoms with van der Waals surface area (Å²) >= 11 is 3.50. The van der Waals surface area contributed by atoms with Crippen molar-refractivity contribution in [3.8, 4) is 0 Å². The molecule has 1 aliphatic heterocycles. The van der Waals surface area contributed by atoms with Gasteiger partial charge in [0.1, 0.15) is 0 Å². The Morgan fingerprint density at radius 2 is 1.71 bits per heavy atom. The van der Waals surface area contributed by atoms with Crippen molar-refractivity contribution in [3.63, 3.8) is 0 Å². The summed E-state index contributed by atoms with van der Waals surface area (Å²) in [7, 11) is 0. The number of nitrogens with one attached hydrogen (secondary N) is 2. The summed E-state index contributed by atoms with van der Waals surface area (Å²) in [5.41, 5.74) is 2.32. The summed E-state index contributed by atoms with van der Waals surface area (Å²) in [5, 5.41) is 5.75. The van der Waals surface area contributed by atoms with Crippen molar-refractivity contribution >= 4 is 33.6 Å². The van der Waals surface area contributed by atoms with Gasteiger partial charge in [0.25, 0.3) is 5.91 Å². The van der Waals surface area contributed by atoms with E-state index in [4.69, 9.17) is 0 Å². The third-order valence-corrected chi connectivity index (χ3v) is 5.90. The smallest absolute Gasteiger partial charge is 0.319 e. The molecule has 0 bridgehead atoms. The van der Waals surface area contributed by atoms with Crippen LogP contribution in [0.25, 0.3) is 0 Å². The molecule has 2 N–H and O–H groups in total. The van der Waals surface area contributed by atoms with Crippen LogP contribution in [-0.4, -0.2) is 29.9 Å². The number of anilines is 1. The molecule has 0 spiro atoms. The molecule has 3 rings (SSSR count). The minimum atomic E-state index is -0.285. The molecular weight excluding hydrogens is 418 g/mol. The van der Waals surface area contributed by atoms with Crippen LogP contribution >= 0.6 is 15.9 Å². The maximum atomic E-state index is 12.6. The van der Waals surface area contributed by atoms with E-state index in [1.165, 1.54) is 0 Å². The summed E-state index contributed by atoms with van der Waals surface area (Å²) in [4.78, 5) is 26.8. The molecule has 6 heteroatoms. The average Bonchev–Trinajstić information content (AvgIpc) is 2.69. The highest BCUT2D eigenvalue weighted by molar-refractivity contribution is 9.10. The molecule has 1 aliphatic rings. The third-order valence-electron chi connectivity index (χ3n) is 5.18. The van der Waals surface area contributed by atoms with Crippen LogP contribution in [0, 0.1) is 5.92 Å². The molecule has 148 valence electrons. The molecule has 0 saturated carbocycles. The van der Waals surface area contributed by atoms with E-state index < -0.39 is 0 Å². The van der Waals surface area contributed by atoms with Gasteiger partial charge in [-0.15, -0.1) is 0 Å². The highest BCUT2D eigenvalue weighted by Gasteiger charge is 2.21. The first-order valence-electron chi connectivity index (χ1n) is 9.65. The van der Waals surface area contributed by atoms with Gasteiger partial charge in [0, 0.05) is 28.8 Å². The van der Waals surface area contributed by atoms with Gasteiger partial charge < -0.3 is 15.5 Å². The lowest BCUT2D eigenvalue weighted by Gasteiger charge is -2.30. The fourth-order valence-corrected chi connectivity index (χ4v) is 3.99. The third kappa shape index (κ3) is 5.13. The predicted octanol–water partition coefficient (Wildman–Crippen LogP) is 5.20. The first kappa shape index (κ1) is 20.4. The van der Waals surface area contributed by atoms with Gasteiger partial charge in [0.15, 0.2) is 0 Å². The summed E-state index contributed by atoms with van der Waals surface area (Å²) in [6.07, 6.45) is 2.11. The Morgan fingerprint density at radius 3 is 2.36 bits per heavy atom. The van der Waals surface area contributed by atoms with Crippen LogP contribution in [0.1, 0.15) is 48.7 Å². The fraction of sp³-hybridized carbons (Fsp3) is 0.364. The minimum absolute atomic E-state index is 0.0606. The molecule has 28 heavy (non-hydrogen) atoms. The van der Waals surface area contributed by atoms with E-state index in [2.05, 4.69) is 33.5 Å². The number of amides is 3. The zero-order valence-electron chi connectivity index (χ0n) is 16.2. The quantitative estimate of drug-likeness (QED) is 0.681. The molecule has 2 aromatic rings. The number of halogens is 1. The normalized spacial score (nSPS) is 15.8. The van der Waals surface area contributed by atoms with Gasteiger partial charge in [-0.1, -0.05) is 41.1 Å². The van der Waals surface area contributed by atoms with E-state index in [9.17, 15) is 9.59 Å². The number of carbonyl (C=O) groups excluding carboxylic acids is 2. The standard InChI is InChI=1S/C22H26BrN3O2/c1-15-11-13-26(14-12-15)21(27)17-7-9-18(10-8-17)25-22(28)24-16(2)19-5-3-4-6-20(19)23/h3-10,15-16H,11-14H2,1-2H3,(H2,24,25,28). The fourth-order valence-electron chi connectivity index (χ4n) is 3.36. The van der Waals surface area contributed by atoms with E-state index in [1.807, 2.05) is 36.1 Å². The van der Waals surface area contributed by atoms with Crippen LogP contribution in [0.2, 0.25) is 0 Å². The molecule has 2 aromatic carbocycles. The predicted molar refractivity (Wildman–Crippen MR) is 115 cm³/mol. The number of piperidine rings is 1. The molecule has 3 amide bonds. The van der Waals surface area contributed by atoms with Gasteiger partial charge in [0.05, 0.1) is 6.04 Å². The zero-order valence-corrected chi connectivity index (χ0v) is 17.8. The molecule has 1 fully saturated rings. The number of urea groups is 1. The first-order chi connectivity index (χ1) is 13.4. The van der Waals surface area contributed by atoms with Crippen molar-refractivity contribution in [2.24, 2.45) is 5.92 Å². The number of carbonyl (C=O) groups is 2. The van der Waals surface area contributed by atoms with Gasteiger partial charge >= 0.3 is 6.03 Å². The Hall–Kier alpha value is -2.34. The molecule has 0 radical (unpaired) electrons. The van der Waals surface area contributed by atoms with Gasteiger partial charge in [-0.3, -0.25) is 4.79 Å². The first-order valence-corrected chi connectivity index (χ1v) is 10.4. The molecule has 1 heterocycles. The van der Waals surface area contributed by atoms with Crippen molar-refractivity contribution in [2.75, 3.05) is 18.4 Å². The van der Waals surface area contributed by atoms with Crippen LogP contribution in [-0.2, 0) is 0 Å². The number of hydrogen-bond donors (Lipinski definition) is 2. The number of nitrogens with zero attached hydrogens (tertiary/aromatic N) is 1. The second-order valence-corrected chi connectivity index (χ2v) is 8.25. The zero-order chi connectivity index (χ0) is 20.1. The van der Waals surface area contributed by atoms with Crippen molar-refractivity contribution in [1.82, 2.24) is 10.2 Å². The lowest BCUT2D eigenvalue weighted by Crippen LogP contribution is -2.37. The summed E-state index contributed by atoms with van der Waals surface area (Å²) < 4.78 is 0.956. The average molecular weight is 444 g/mol. The largest absolute Gasteiger partial charge is 0.339 e. The van der Waals surface area contributed by atoms with Gasteiger partial charge in [-0.25, -0.2) is 4.79 Å². The number of hydrogen-bond acceptors (Lipinski definition) is 2. The topological polar surface area (TPSA) is 61.4 Å². The molecular formula is C22H26BrN3O2. The lowest BCUT2D eigenvalue weighted by molar-refractivity contribution is 0.0697. The Bertz CT molecular complexity index is 830. The molecule has 5 nitrogen and oxygen atoms in total. The van der Waals surface area contributed by atoms with Crippen molar-refractivity contribution < 1.29 is 9.59 Å². The molecule has 0 aromatic heterocycles. The monoisotopic (exact) mass is 443 g/mol. The van der Waals surface area contributed by atoms with Gasteiger partial charge in [-0.05, 0) is 61.6 Å². The minimum Gasteiger partial charge on any atom is -0.339 e.